The van der Waals surface area contributed by atoms with Gasteiger partial charge < -0.3 is 15.8 Å². The quantitative estimate of drug-likeness (QED) is 0.676. The zero-order valence-corrected chi connectivity index (χ0v) is 10.6. The Morgan fingerprint density at radius 3 is 2.75 bits per heavy atom. The van der Waals surface area contributed by atoms with E-state index < -0.39 is 5.91 Å². The number of carbonyl (C=O) groups is 1. The number of para-hydroxylation sites is 1. The lowest BCUT2D eigenvalue weighted by atomic mass is 10.1. The van der Waals surface area contributed by atoms with Crippen LogP contribution in [0.3, 0.4) is 0 Å². The molecule has 0 aliphatic rings. The van der Waals surface area contributed by atoms with E-state index in [9.17, 15) is 9.90 Å². The molecule has 0 aliphatic heterocycles. The largest absolute Gasteiger partial charge is 0.392 e. The van der Waals surface area contributed by atoms with Crippen LogP contribution in [0, 0.1) is 0 Å². The van der Waals surface area contributed by atoms with Crippen LogP contribution in [0.4, 0.5) is 0 Å². The number of nitrogens with zero attached hydrogens (tertiary/aromatic N) is 1. The molecule has 4 N–H and O–H groups in total. The van der Waals surface area contributed by atoms with Gasteiger partial charge in [-0.1, -0.05) is 30.3 Å². The minimum Gasteiger partial charge on any atom is -0.392 e. The minimum absolute atomic E-state index is 0.0735. The molecule has 0 radical (unpaired) electrons. The summed E-state index contributed by atoms with van der Waals surface area (Å²) in [5, 5.41) is 9.38. The predicted octanol–water partition coefficient (Wildman–Crippen LogP) is 1.82. The first kappa shape index (κ1) is 12.4. The molecule has 0 saturated heterocycles. The normalized spacial score (nSPS) is 10.8. The maximum atomic E-state index is 11.4. The van der Waals surface area contributed by atoms with Crippen molar-refractivity contribution in [2.75, 3.05) is 0 Å². The Morgan fingerprint density at radius 2 is 2.00 bits per heavy atom. The fourth-order valence-corrected chi connectivity index (χ4v) is 2.25. The van der Waals surface area contributed by atoms with E-state index in [1.54, 1.807) is 12.1 Å². The van der Waals surface area contributed by atoms with Gasteiger partial charge in [0.2, 0.25) is 0 Å². The van der Waals surface area contributed by atoms with Gasteiger partial charge in [-0.15, -0.1) is 0 Å². The number of aromatic nitrogens is 2. The molecule has 0 atom stereocenters. The molecule has 0 saturated carbocycles. The molecule has 3 rings (SSSR count). The van der Waals surface area contributed by atoms with E-state index in [-0.39, 0.29) is 6.61 Å². The van der Waals surface area contributed by atoms with Crippen molar-refractivity contribution in [2.45, 2.75) is 6.61 Å². The number of hydrogen-bond donors (Lipinski definition) is 3. The number of nitrogens with two attached hydrogens (primary N) is 1. The van der Waals surface area contributed by atoms with Gasteiger partial charge in [-0.25, -0.2) is 4.98 Å². The number of aromatic amines is 1. The molecule has 5 nitrogen and oxygen atoms in total. The number of rotatable bonds is 3. The highest BCUT2D eigenvalue weighted by atomic mass is 16.3. The third-order valence-electron chi connectivity index (χ3n) is 3.22. The number of amides is 1. The van der Waals surface area contributed by atoms with Gasteiger partial charge in [0.1, 0.15) is 11.3 Å². The van der Waals surface area contributed by atoms with Crippen molar-refractivity contribution in [3.05, 3.63) is 53.6 Å². The van der Waals surface area contributed by atoms with Crippen LogP contribution in [0.5, 0.6) is 0 Å². The number of nitrogens with one attached hydrogen (secondary N) is 1. The summed E-state index contributed by atoms with van der Waals surface area (Å²) in [5.74, 6) is 0.0995. The summed E-state index contributed by atoms with van der Waals surface area (Å²) >= 11 is 0. The number of benzene rings is 2. The molecule has 1 heterocycles. The first-order chi connectivity index (χ1) is 9.70. The predicted molar refractivity (Wildman–Crippen MR) is 76.0 cm³/mol. The first-order valence-corrected chi connectivity index (χ1v) is 6.18. The third-order valence-corrected chi connectivity index (χ3v) is 3.22. The van der Waals surface area contributed by atoms with Crippen LogP contribution in [0.1, 0.15) is 15.9 Å². The average Bonchev–Trinajstić information content (AvgIpc) is 2.90. The molecule has 5 heteroatoms. The number of primary amides is 1. The zero-order chi connectivity index (χ0) is 14.1. The highest BCUT2D eigenvalue weighted by Gasteiger charge is 2.13. The molecule has 20 heavy (non-hydrogen) atoms. The van der Waals surface area contributed by atoms with E-state index in [0.717, 1.165) is 16.6 Å². The molecule has 0 aliphatic carbocycles. The Morgan fingerprint density at radius 1 is 1.20 bits per heavy atom. The zero-order valence-electron chi connectivity index (χ0n) is 10.6. The first-order valence-electron chi connectivity index (χ1n) is 6.18. The summed E-state index contributed by atoms with van der Waals surface area (Å²) in [4.78, 5) is 19.0. The summed E-state index contributed by atoms with van der Waals surface area (Å²) in [5.41, 5.74) is 8.59. The molecule has 1 amide bonds. The molecule has 0 spiro atoms. The van der Waals surface area contributed by atoms with Crippen LogP contribution in [-0.2, 0) is 6.61 Å². The number of aliphatic hydroxyl groups excluding tert-OH is 1. The topological polar surface area (TPSA) is 92.0 Å². The fourth-order valence-electron chi connectivity index (χ4n) is 2.25. The van der Waals surface area contributed by atoms with Crippen molar-refractivity contribution >= 4 is 16.9 Å². The Labute approximate surface area is 115 Å². The molecule has 100 valence electrons. The van der Waals surface area contributed by atoms with Crippen LogP contribution >= 0.6 is 0 Å². The van der Waals surface area contributed by atoms with Gasteiger partial charge in [0.15, 0.2) is 0 Å². The lowest BCUT2D eigenvalue weighted by Gasteiger charge is -2.02. The van der Waals surface area contributed by atoms with Gasteiger partial charge in [0.05, 0.1) is 17.7 Å². The molecular weight excluding hydrogens is 254 g/mol. The number of carbonyl (C=O) groups excluding carboxylic acids is 1. The maximum Gasteiger partial charge on any atom is 0.250 e. The Kier molecular flexibility index (Phi) is 2.96. The van der Waals surface area contributed by atoms with Gasteiger partial charge in [-0.3, -0.25) is 4.79 Å². The van der Waals surface area contributed by atoms with Crippen molar-refractivity contribution in [2.24, 2.45) is 5.73 Å². The van der Waals surface area contributed by atoms with Crippen LogP contribution in [0.2, 0.25) is 0 Å². The van der Waals surface area contributed by atoms with Crippen molar-refractivity contribution in [1.29, 1.82) is 0 Å². The van der Waals surface area contributed by atoms with Gasteiger partial charge in [0, 0.05) is 5.56 Å². The van der Waals surface area contributed by atoms with Crippen LogP contribution < -0.4 is 5.73 Å². The molecule has 0 bridgehead atoms. The van der Waals surface area contributed by atoms with E-state index in [1.807, 2.05) is 30.3 Å². The number of fused-ring (bicyclic) bond motifs is 1. The number of hydrogen-bond acceptors (Lipinski definition) is 3. The lowest BCUT2D eigenvalue weighted by Crippen LogP contribution is -2.11. The van der Waals surface area contributed by atoms with Crippen molar-refractivity contribution < 1.29 is 9.90 Å². The van der Waals surface area contributed by atoms with Crippen LogP contribution in [0.15, 0.2) is 42.5 Å². The second-order valence-electron chi connectivity index (χ2n) is 4.47. The van der Waals surface area contributed by atoms with Crippen molar-refractivity contribution in [3.8, 4) is 11.4 Å². The van der Waals surface area contributed by atoms with Gasteiger partial charge >= 0.3 is 0 Å². The average molecular weight is 267 g/mol. The second-order valence-corrected chi connectivity index (χ2v) is 4.47. The Balaban J connectivity index is 2.23. The lowest BCUT2D eigenvalue weighted by molar-refractivity contribution is 0.100. The third kappa shape index (κ3) is 1.94. The number of imidazole rings is 1. The Hall–Kier alpha value is -2.66. The maximum absolute atomic E-state index is 11.4. The second kappa shape index (κ2) is 4.79. The van der Waals surface area contributed by atoms with E-state index >= 15 is 0 Å². The summed E-state index contributed by atoms with van der Waals surface area (Å²) in [6, 6.07) is 12.7. The monoisotopic (exact) mass is 267 g/mol. The molecule has 0 unspecified atom stereocenters. The van der Waals surface area contributed by atoms with E-state index in [2.05, 4.69) is 9.97 Å². The number of H-pyrrole nitrogens is 1. The van der Waals surface area contributed by atoms with Crippen molar-refractivity contribution in [3.63, 3.8) is 0 Å². The fraction of sp³-hybridized carbons (Fsp3) is 0.0667. The molecule has 1 aromatic heterocycles. The summed E-state index contributed by atoms with van der Waals surface area (Å²) < 4.78 is 0. The van der Waals surface area contributed by atoms with E-state index in [4.69, 9.17) is 5.73 Å². The summed E-state index contributed by atoms with van der Waals surface area (Å²) in [7, 11) is 0. The molecule has 2 aromatic carbocycles. The molecular formula is C15H13N3O2. The molecule has 0 fully saturated rings. The highest BCUT2D eigenvalue weighted by Crippen LogP contribution is 2.25. The smallest absolute Gasteiger partial charge is 0.250 e. The van der Waals surface area contributed by atoms with E-state index in [0.29, 0.717) is 16.9 Å². The van der Waals surface area contributed by atoms with Gasteiger partial charge in [-0.2, -0.15) is 0 Å². The van der Waals surface area contributed by atoms with Gasteiger partial charge in [0.25, 0.3) is 5.91 Å². The van der Waals surface area contributed by atoms with Crippen LogP contribution in [0.25, 0.3) is 22.4 Å². The minimum atomic E-state index is -0.510. The Bertz CT molecular complexity index is 793. The summed E-state index contributed by atoms with van der Waals surface area (Å²) in [6.45, 7) is -0.0735. The molecule has 3 aromatic rings. The van der Waals surface area contributed by atoms with Gasteiger partial charge in [-0.05, 0) is 17.7 Å². The SMILES string of the molecule is NC(=O)c1cccc2[nH]c(-c3ccccc3CO)nc12. The number of aliphatic hydroxyl groups is 1. The summed E-state index contributed by atoms with van der Waals surface area (Å²) in [6.07, 6.45) is 0. The highest BCUT2D eigenvalue weighted by molar-refractivity contribution is 6.04. The standard InChI is InChI=1S/C15H13N3O2/c16-14(20)11-6-3-7-12-13(11)18-15(17-12)10-5-2-1-4-9(10)8-19/h1-7,19H,8H2,(H2,16,20)(H,17,18). The van der Waals surface area contributed by atoms with Crippen LogP contribution in [-0.4, -0.2) is 21.0 Å². The van der Waals surface area contributed by atoms with Crippen molar-refractivity contribution in [1.82, 2.24) is 9.97 Å². The van der Waals surface area contributed by atoms with E-state index in [1.165, 1.54) is 0 Å².